The van der Waals surface area contributed by atoms with E-state index in [0.29, 0.717) is 26.3 Å². The summed E-state index contributed by atoms with van der Waals surface area (Å²) >= 11 is 0. The van der Waals surface area contributed by atoms with Gasteiger partial charge >= 0.3 is 0 Å². The van der Waals surface area contributed by atoms with Gasteiger partial charge in [-0.25, -0.2) is 0 Å². The molecule has 0 saturated carbocycles. The van der Waals surface area contributed by atoms with Crippen LogP contribution < -0.4 is 9.80 Å². The third-order valence-corrected chi connectivity index (χ3v) is 3.88. The predicted molar refractivity (Wildman–Crippen MR) is 94.3 cm³/mol. The second kappa shape index (κ2) is 6.83. The van der Waals surface area contributed by atoms with E-state index in [1.807, 2.05) is 19.1 Å². The summed E-state index contributed by atoms with van der Waals surface area (Å²) in [5, 5.41) is 1.03. The highest BCUT2D eigenvalue weighted by atomic mass is 16.5. The number of fused-ring (bicyclic) bond motifs is 1. The van der Waals surface area contributed by atoms with Crippen LogP contribution in [0, 0.1) is 6.92 Å². The first-order chi connectivity index (χ1) is 11.2. The van der Waals surface area contributed by atoms with E-state index in [1.54, 1.807) is 0 Å². The Hall–Kier alpha value is -2.34. The van der Waals surface area contributed by atoms with Crippen LogP contribution in [0.3, 0.4) is 0 Å². The van der Waals surface area contributed by atoms with Crippen molar-refractivity contribution in [2.45, 2.75) is 6.92 Å². The number of aromatic nitrogens is 3. The molecule has 2 aromatic rings. The van der Waals surface area contributed by atoms with Crippen molar-refractivity contribution in [2.24, 2.45) is 0 Å². The zero-order valence-electron chi connectivity index (χ0n) is 13.6. The van der Waals surface area contributed by atoms with Gasteiger partial charge in [-0.1, -0.05) is 12.2 Å². The molecule has 0 spiro atoms. The molecule has 1 N–H and O–H groups in total. The van der Waals surface area contributed by atoms with Crippen LogP contribution in [0.25, 0.3) is 11.0 Å². The molecule has 1 aliphatic heterocycles. The first-order valence-corrected chi connectivity index (χ1v) is 7.89. The monoisotopic (exact) mass is 313 g/mol. The van der Waals surface area contributed by atoms with Gasteiger partial charge in [0.05, 0.1) is 18.6 Å². The maximum absolute atomic E-state index is 5.43. The smallest absolute Gasteiger partial charge is 0.229 e. The van der Waals surface area contributed by atoms with Crippen molar-refractivity contribution in [3.05, 3.63) is 37.1 Å². The summed E-state index contributed by atoms with van der Waals surface area (Å²) in [6.07, 6.45) is 3.76. The number of aryl methyl sites for hydroxylation is 1. The fourth-order valence-corrected chi connectivity index (χ4v) is 2.82. The number of hydrogen-bond donors (Lipinski definition) is 1. The first kappa shape index (κ1) is 15.6. The lowest BCUT2D eigenvalue weighted by molar-refractivity contribution is 0.122. The highest BCUT2D eigenvalue weighted by Gasteiger charge is 2.19. The van der Waals surface area contributed by atoms with Crippen molar-refractivity contribution in [2.75, 3.05) is 49.2 Å². The highest BCUT2D eigenvalue weighted by Crippen LogP contribution is 2.27. The standard InChI is InChI=1S/C17H23N5O/c1-4-6-21(7-5-2)16-14-12-13(3)18-15(14)19-17(20-16)22-8-10-23-11-9-22/h4-5,12H,1-2,6-11H2,3H3,(H,18,19,20). The number of aromatic amines is 1. The van der Waals surface area contributed by atoms with Crippen molar-refractivity contribution in [3.8, 4) is 0 Å². The van der Waals surface area contributed by atoms with Crippen LogP contribution in [-0.2, 0) is 4.74 Å². The van der Waals surface area contributed by atoms with E-state index in [4.69, 9.17) is 14.7 Å². The van der Waals surface area contributed by atoms with Gasteiger partial charge in [-0.3, -0.25) is 0 Å². The highest BCUT2D eigenvalue weighted by molar-refractivity contribution is 5.89. The molecule has 23 heavy (non-hydrogen) atoms. The summed E-state index contributed by atoms with van der Waals surface area (Å²) in [7, 11) is 0. The Morgan fingerprint density at radius 3 is 2.61 bits per heavy atom. The number of H-pyrrole nitrogens is 1. The predicted octanol–water partition coefficient (Wildman–Crippen LogP) is 2.28. The minimum atomic E-state index is 0.712. The summed E-state index contributed by atoms with van der Waals surface area (Å²) in [6.45, 7) is 14.2. The molecular weight excluding hydrogens is 290 g/mol. The largest absolute Gasteiger partial charge is 0.378 e. The number of nitrogens with one attached hydrogen (secondary N) is 1. The molecule has 3 rings (SSSR count). The van der Waals surface area contributed by atoms with Gasteiger partial charge in [0.15, 0.2) is 0 Å². The fraction of sp³-hybridized carbons (Fsp3) is 0.412. The molecule has 1 saturated heterocycles. The van der Waals surface area contributed by atoms with Crippen molar-refractivity contribution in [1.29, 1.82) is 0 Å². The third-order valence-electron chi connectivity index (χ3n) is 3.88. The van der Waals surface area contributed by atoms with E-state index in [2.05, 4.69) is 34.0 Å². The molecule has 1 aliphatic rings. The van der Waals surface area contributed by atoms with Crippen LogP contribution >= 0.6 is 0 Å². The van der Waals surface area contributed by atoms with Gasteiger partial charge in [0, 0.05) is 31.9 Å². The van der Waals surface area contributed by atoms with Crippen LogP contribution in [0.4, 0.5) is 11.8 Å². The van der Waals surface area contributed by atoms with Crippen LogP contribution in [0.1, 0.15) is 5.69 Å². The summed E-state index contributed by atoms with van der Waals surface area (Å²) in [6, 6.07) is 2.09. The number of ether oxygens (including phenoxy) is 1. The quantitative estimate of drug-likeness (QED) is 0.829. The molecule has 1 fully saturated rings. The van der Waals surface area contributed by atoms with E-state index in [-0.39, 0.29) is 0 Å². The zero-order valence-corrected chi connectivity index (χ0v) is 13.6. The SMILES string of the molecule is C=CCN(CC=C)c1nc(N2CCOCC2)nc2[nH]c(C)cc12. The normalized spacial score (nSPS) is 14.9. The molecule has 122 valence electrons. The van der Waals surface area contributed by atoms with Crippen molar-refractivity contribution >= 4 is 22.8 Å². The van der Waals surface area contributed by atoms with Gasteiger partial charge in [0.25, 0.3) is 0 Å². The Morgan fingerprint density at radius 1 is 1.26 bits per heavy atom. The van der Waals surface area contributed by atoms with Gasteiger partial charge < -0.3 is 19.5 Å². The molecule has 0 bridgehead atoms. The lowest BCUT2D eigenvalue weighted by Crippen LogP contribution is -2.37. The average molecular weight is 313 g/mol. The zero-order chi connectivity index (χ0) is 16.2. The third kappa shape index (κ3) is 3.22. The molecule has 0 atom stereocenters. The first-order valence-electron chi connectivity index (χ1n) is 7.89. The maximum atomic E-state index is 5.43. The minimum absolute atomic E-state index is 0.712. The topological polar surface area (TPSA) is 57.3 Å². The van der Waals surface area contributed by atoms with Gasteiger partial charge in [0.2, 0.25) is 5.95 Å². The van der Waals surface area contributed by atoms with E-state index >= 15 is 0 Å². The second-order valence-corrected chi connectivity index (χ2v) is 5.64. The molecule has 0 amide bonds. The van der Waals surface area contributed by atoms with Crippen LogP contribution in [0.2, 0.25) is 0 Å². The fourth-order valence-electron chi connectivity index (χ4n) is 2.82. The Labute approximate surface area is 136 Å². The Morgan fingerprint density at radius 2 is 1.96 bits per heavy atom. The Bertz CT molecular complexity index is 692. The van der Waals surface area contributed by atoms with Gasteiger partial charge in [0.1, 0.15) is 11.5 Å². The Kier molecular flexibility index (Phi) is 4.62. The van der Waals surface area contributed by atoms with Crippen LogP contribution in [0.5, 0.6) is 0 Å². The van der Waals surface area contributed by atoms with Crippen molar-refractivity contribution < 1.29 is 4.74 Å². The van der Waals surface area contributed by atoms with E-state index in [1.165, 1.54) is 0 Å². The number of anilines is 2. The van der Waals surface area contributed by atoms with Gasteiger partial charge in [-0.05, 0) is 13.0 Å². The molecular formula is C17H23N5O. The van der Waals surface area contributed by atoms with E-state index in [0.717, 1.165) is 41.6 Å². The lowest BCUT2D eigenvalue weighted by Gasteiger charge is -2.28. The molecule has 3 heterocycles. The summed E-state index contributed by atoms with van der Waals surface area (Å²) < 4.78 is 5.43. The van der Waals surface area contributed by atoms with Crippen molar-refractivity contribution in [1.82, 2.24) is 15.0 Å². The molecule has 0 radical (unpaired) electrons. The molecule has 6 nitrogen and oxygen atoms in total. The van der Waals surface area contributed by atoms with Crippen LogP contribution in [0.15, 0.2) is 31.4 Å². The molecule has 0 aromatic carbocycles. The number of hydrogen-bond acceptors (Lipinski definition) is 5. The van der Waals surface area contributed by atoms with Gasteiger partial charge in [-0.2, -0.15) is 9.97 Å². The Balaban J connectivity index is 2.08. The molecule has 0 aliphatic carbocycles. The second-order valence-electron chi connectivity index (χ2n) is 5.64. The average Bonchev–Trinajstić information content (AvgIpc) is 2.94. The molecule has 0 unspecified atom stereocenters. The molecule has 2 aromatic heterocycles. The summed E-state index contributed by atoms with van der Waals surface area (Å²) in [5.74, 6) is 1.66. The molecule has 6 heteroatoms. The van der Waals surface area contributed by atoms with Crippen molar-refractivity contribution in [3.63, 3.8) is 0 Å². The number of nitrogens with zero attached hydrogens (tertiary/aromatic N) is 4. The lowest BCUT2D eigenvalue weighted by atomic mass is 10.3. The van der Waals surface area contributed by atoms with E-state index in [9.17, 15) is 0 Å². The maximum Gasteiger partial charge on any atom is 0.229 e. The van der Waals surface area contributed by atoms with Crippen LogP contribution in [-0.4, -0.2) is 54.3 Å². The number of rotatable bonds is 6. The summed E-state index contributed by atoms with van der Waals surface area (Å²) in [5.41, 5.74) is 1.94. The van der Waals surface area contributed by atoms with Gasteiger partial charge in [-0.15, -0.1) is 13.2 Å². The van der Waals surface area contributed by atoms with E-state index < -0.39 is 0 Å². The summed E-state index contributed by atoms with van der Waals surface area (Å²) in [4.78, 5) is 17.2. The number of morpholine rings is 1. The minimum Gasteiger partial charge on any atom is -0.378 e.